The zero-order chi connectivity index (χ0) is 29.6. The highest BCUT2D eigenvalue weighted by atomic mass is 32.2. The molecule has 0 aliphatic heterocycles. The van der Waals surface area contributed by atoms with Gasteiger partial charge in [-0.2, -0.15) is 0 Å². The largest absolute Gasteiger partial charge is 0.466 e. The van der Waals surface area contributed by atoms with Crippen LogP contribution in [0.5, 0.6) is 0 Å². The van der Waals surface area contributed by atoms with E-state index in [4.69, 9.17) is 9.72 Å². The maximum atomic E-state index is 13.7. The Bertz CT molecular complexity index is 1310. The summed E-state index contributed by atoms with van der Waals surface area (Å²) in [4.78, 5) is 46.5. The van der Waals surface area contributed by atoms with Crippen LogP contribution in [0.1, 0.15) is 76.0 Å². The van der Waals surface area contributed by atoms with Crippen LogP contribution in [0.2, 0.25) is 0 Å². The smallest absolute Gasteiger partial charge is 0.309 e. The number of carbonyl (C=O) groups is 2. The van der Waals surface area contributed by atoms with Crippen LogP contribution in [0.3, 0.4) is 0 Å². The van der Waals surface area contributed by atoms with Crippen molar-refractivity contribution in [3.63, 3.8) is 0 Å². The van der Waals surface area contributed by atoms with Gasteiger partial charge in [-0.05, 0) is 37.6 Å². The Balaban J connectivity index is 1.79. The summed E-state index contributed by atoms with van der Waals surface area (Å²) in [5.74, 6) is 0.734. The zero-order valence-corrected chi connectivity index (χ0v) is 25.6. The molecular weight excluding hydrogens is 534 g/mol. The van der Waals surface area contributed by atoms with Crippen molar-refractivity contribution in [2.24, 2.45) is 5.92 Å². The van der Waals surface area contributed by atoms with Crippen LogP contribution in [-0.4, -0.2) is 45.2 Å². The molecule has 0 saturated heterocycles. The fourth-order valence-electron chi connectivity index (χ4n) is 4.50. The minimum absolute atomic E-state index is 0.113. The van der Waals surface area contributed by atoms with E-state index in [2.05, 4.69) is 6.92 Å². The number of aromatic nitrogens is 2. The lowest BCUT2D eigenvalue weighted by Crippen LogP contribution is -2.39. The number of rotatable bonds is 16. The molecule has 3 aromatic rings. The molecular formula is C33H43N3O4S. The first kappa shape index (κ1) is 32.1. The lowest BCUT2D eigenvalue weighted by molar-refractivity contribution is -0.146. The lowest BCUT2D eigenvalue weighted by Gasteiger charge is -2.25. The number of ether oxygens (including phenoxy) is 1. The summed E-state index contributed by atoms with van der Waals surface area (Å²) in [6.07, 6.45) is 5.93. The number of nitrogens with zero attached hydrogens (tertiary/aromatic N) is 3. The fraction of sp³-hybridized carbons (Fsp3) is 0.455. The molecule has 1 aromatic heterocycles. The van der Waals surface area contributed by atoms with Crippen LogP contribution < -0.4 is 5.56 Å². The van der Waals surface area contributed by atoms with Crippen molar-refractivity contribution >= 4 is 23.6 Å². The average Bonchev–Trinajstić information content (AvgIpc) is 3.00. The highest BCUT2D eigenvalue weighted by Gasteiger charge is 2.20. The van der Waals surface area contributed by atoms with Gasteiger partial charge in [0.2, 0.25) is 0 Å². The Morgan fingerprint density at radius 2 is 1.68 bits per heavy atom. The SMILES string of the molecule is CCCCCCCN(Cn1c(CC)nc(-c2ccccc2)cc1=O)C(=O)c1ccc(SCC(C)C(=O)OCC)cc1. The number of benzene rings is 2. The van der Waals surface area contributed by atoms with E-state index in [1.165, 1.54) is 6.42 Å². The first-order valence-electron chi connectivity index (χ1n) is 14.7. The van der Waals surface area contributed by atoms with E-state index >= 15 is 0 Å². The van der Waals surface area contributed by atoms with Crippen molar-refractivity contribution in [3.8, 4) is 11.3 Å². The Morgan fingerprint density at radius 3 is 2.34 bits per heavy atom. The van der Waals surface area contributed by atoms with Crippen molar-refractivity contribution in [3.05, 3.63) is 82.4 Å². The van der Waals surface area contributed by atoms with E-state index in [0.29, 0.717) is 42.4 Å². The summed E-state index contributed by atoms with van der Waals surface area (Å²) >= 11 is 1.56. The molecule has 0 fully saturated rings. The van der Waals surface area contributed by atoms with Gasteiger partial charge in [-0.15, -0.1) is 11.8 Å². The second-order valence-electron chi connectivity index (χ2n) is 10.2. The summed E-state index contributed by atoms with van der Waals surface area (Å²) in [5.41, 5.74) is 1.94. The molecule has 8 heteroatoms. The normalized spacial score (nSPS) is 11.7. The van der Waals surface area contributed by atoms with Crippen LogP contribution in [0.15, 0.2) is 70.4 Å². The quantitative estimate of drug-likeness (QED) is 0.105. The molecule has 1 heterocycles. The fourth-order valence-corrected chi connectivity index (χ4v) is 5.40. The predicted octanol–water partition coefficient (Wildman–Crippen LogP) is 6.83. The summed E-state index contributed by atoms with van der Waals surface area (Å²) in [7, 11) is 0. The van der Waals surface area contributed by atoms with E-state index in [9.17, 15) is 14.4 Å². The molecule has 41 heavy (non-hydrogen) atoms. The number of carbonyl (C=O) groups excluding carboxylic acids is 2. The molecule has 0 radical (unpaired) electrons. The lowest BCUT2D eigenvalue weighted by atomic mass is 10.1. The summed E-state index contributed by atoms with van der Waals surface area (Å²) in [5, 5.41) is 0. The van der Waals surface area contributed by atoms with Gasteiger partial charge < -0.3 is 9.64 Å². The Kier molecular flexibility index (Phi) is 13.1. The van der Waals surface area contributed by atoms with Crippen LogP contribution in [0.25, 0.3) is 11.3 Å². The highest BCUT2D eigenvalue weighted by molar-refractivity contribution is 7.99. The first-order valence-corrected chi connectivity index (χ1v) is 15.7. The monoisotopic (exact) mass is 577 g/mol. The van der Waals surface area contributed by atoms with Crippen molar-refractivity contribution < 1.29 is 14.3 Å². The Labute approximate surface area is 248 Å². The maximum Gasteiger partial charge on any atom is 0.309 e. The molecule has 0 spiro atoms. The van der Waals surface area contributed by atoms with E-state index < -0.39 is 0 Å². The number of thioether (sulfide) groups is 1. The Hall–Kier alpha value is -3.39. The summed E-state index contributed by atoms with van der Waals surface area (Å²) < 4.78 is 6.72. The maximum absolute atomic E-state index is 13.7. The number of esters is 1. The number of hydrogen-bond acceptors (Lipinski definition) is 6. The van der Waals surface area contributed by atoms with E-state index in [1.807, 2.05) is 68.4 Å². The molecule has 0 N–H and O–H groups in total. The van der Waals surface area contributed by atoms with Crippen LogP contribution in [0, 0.1) is 5.92 Å². The third-order valence-electron chi connectivity index (χ3n) is 6.89. The van der Waals surface area contributed by atoms with E-state index in [0.717, 1.165) is 36.1 Å². The molecule has 0 aliphatic rings. The zero-order valence-electron chi connectivity index (χ0n) is 24.8. The standard InChI is InChI=1S/C33H43N3O4S/c1-5-8-9-10-14-21-35(24-36-30(6-2)34-29(22-31(36)37)26-15-12-11-13-16-26)32(38)27-17-19-28(20-18-27)41-23-25(4)33(39)40-7-3/h11-13,15-20,22,25H,5-10,14,21,23-24H2,1-4H3. The van der Waals surface area contributed by atoms with Gasteiger partial charge in [-0.1, -0.05) is 76.8 Å². The molecule has 2 aromatic carbocycles. The average molecular weight is 578 g/mol. The van der Waals surface area contributed by atoms with E-state index in [-0.39, 0.29) is 30.0 Å². The first-order chi connectivity index (χ1) is 19.9. The van der Waals surface area contributed by atoms with Gasteiger partial charge in [0, 0.05) is 40.8 Å². The van der Waals surface area contributed by atoms with Crippen molar-refractivity contribution in [1.29, 1.82) is 0 Å². The van der Waals surface area contributed by atoms with Crippen LogP contribution in [-0.2, 0) is 22.6 Å². The van der Waals surface area contributed by atoms with Gasteiger partial charge in [0.15, 0.2) is 0 Å². The van der Waals surface area contributed by atoms with Gasteiger partial charge in [-0.3, -0.25) is 19.0 Å². The molecule has 0 aliphatic carbocycles. The molecule has 1 atom stereocenters. The summed E-state index contributed by atoms with van der Waals surface area (Å²) in [6.45, 7) is 8.91. The molecule has 0 saturated carbocycles. The van der Waals surface area contributed by atoms with Crippen LogP contribution in [0.4, 0.5) is 0 Å². The van der Waals surface area contributed by atoms with E-state index in [1.54, 1.807) is 34.2 Å². The Morgan fingerprint density at radius 1 is 0.976 bits per heavy atom. The molecule has 220 valence electrons. The summed E-state index contributed by atoms with van der Waals surface area (Å²) in [6, 6.07) is 18.7. The van der Waals surface area contributed by atoms with Gasteiger partial charge in [0.25, 0.3) is 11.5 Å². The molecule has 1 amide bonds. The van der Waals surface area contributed by atoms with Crippen LogP contribution >= 0.6 is 11.8 Å². The number of amides is 1. The minimum atomic E-state index is -0.211. The second-order valence-corrected chi connectivity index (χ2v) is 11.2. The van der Waals surface area contributed by atoms with Gasteiger partial charge >= 0.3 is 5.97 Å². The third kappa shape index (κ3) is 9.59. The number of unbranched alkanes of at least 4 members (excludes halogenated alkanes) is 4. The van der Waals surface area contributed by atoms with Crippen molar-refractivity contribution in [2.45, 2.75) is 77.8 Å². The van der Waals surface area contributed by atoms with Gasteiger partial charge in [-0.25, -0.2) is 4.98 Å². The molecule has 7 nitrogen and oxygen atoms in total. The molecule has 0 bridgehead atoms. The number of aryl methyl sites for hydroxylation is 1. The van der Waals surface area contributed by atoms with Crippen molar-refractivity contribution in [1.82, 2.24) is 14.5 Å². The molecule has 3 rings (SSSR count). The minimum Gasteiger partial charge on any atom is -0.466 e. The van der Waals surface area contributed by atoms with Gasteiger partial charge in [0.05, 0.1) is 18.2 Å². The third-order valence-corrected chi connectivity index (χ3v) is 8.17. The second kappa shape index (κ2) is 16.8. The topological polar surface area (TPSA) is 81.5 Å². The number of hydrogen-bond donors (Lipinski definition) is 0. The molecule has 1 unspecified atom stereocenters. The van der Waals surface area contributed by atoms with Crippen molar-refractivity contribution in [2.75, 3.05) is 18.9 Å². The highest BCUT2D eigenvalue weighted by Crippen LogP contribution is 2.23. The van der Waals surface area contributed by atoms with Gasteiger partial charge in [0.1, 0.15) is 12.5 Å². The predicted molar refractivity (Wildman–Crippen MR) is 166 cm³/mol.